The summed E-state index contributed by atoms with van der Waals surface area (Å²) < 4.78 is 0. The second kappa shape index (κ2) is 8.93. The molecule has 23 heavy (non-hydrogen) atoms. The Hall–Kier alpha value is -1.53. The van der Waals surface area contributed by atoms with Crippen LogP contribution in [-0.2, 0) is 9.59 Å². The molecule has 1 fully saturated rings. The van der Waals surface area contributed by atoms with E-state index in [0.29, 0.717) is 17.5 Å². The normalized spacial score (nSPS) is 15.2. The molecule has 1 aromatic rings. The van der Waals surface area contributed by atoms with Gasteiger partial charge in [0.05, 0.1) is 11.5 Å². The fourth-order valence-electron chi connectivity index (χ4n) is 2.56. The molecule has 2 rings (SSSR count). The summed E-state index contributed by atoms with van der Waals surface area (Å²) in [5, 5.41) is 6.14. The van der Waals surface area contributed by atoms with Gasteiger partial charge >= 0.3 is 0 Å². The largest absolute Gasteiger partial charge is 0.342 e. The minimum Gasteiger partial charge on any atom is -0.342 e. The number of nitrogens with zero attached hydrogens (tertiary/aromatic N) is 1. The first-order valence-electron chi connectivity index (χ1n) is 7.97. The molecule has 0 radical (unpaired) electrons. The Balaban J connectivity index is 1.68. The molecule has 1 aliphatic heterocycles. The quantitative estimate of drug-likeness (QED) is 0.833. The lowest BCUT2D eigenvalue weighted by molar-refractivity contribution is -0.129. The molecule has 126 valence electrons. The number of piperidine rings is 1. The standard InChI is InChI=1S/C17H25N3O2S/c1-13-3-5-14(6-4-13)19-16(21)11-23-12-17(22)20(2)15-7-9-18-10-8-15/h3-6,15,18H,7-12H2,1-2H3,(H,19,21). The van der Waals surface area contributed by atoms with E-state index in [-0.39, 0.29) is 11.8 Å². The highest BCUT2D eigenvalue weighted by atomic mass is 32.2. The van der Waals surface area contributed by atoms with E-state index in [0.717, 1.165) is 37.2 Å². The number of thioether (sulfide) groups is 1. The summed E-state index contributed by atoms with van der Waals surface area (Å²) in [5.41, 5.74) is 1.95. The molecule has 0 saturated carbocycles. The summed E-state index contributed by atoms with van der Waals surface area (Å²) in [6.45, 7) is 3.94. The molecule has 1 aromatic carbocycles. The number of carbonyl (C=O) groups is 2. The van der Waals surface area contributed by atoms with Gasteiger partial charge in [0, 0.05) is 18.8 Å². The Morgan fingerprint density at radius 3 is 2.52 bits per heavy atom. The zero-order chi connectivity index (χ0) is 16.7. The number of aryl methyl sites for hydroxylation is 1. The minimum absolute atomic E-state index is 0.0730. The Morgan fingerprint density at radius 1 is 1.22 bits per heavy atom. The van der Waals surface area contributed by atoms with Gasteiger partial charge in [-0.1, -0.05) is 17.7 Å². The van der Waals surface area contributed by atoms with Gasteiger partial charge in [0.2, 0.25) is 11.8 Å². The molecular weight excluding hydrogens is 310 g/mol. The van der Waals surface area contributed by atoms with Crippen LogP contribution in [0.15, 0.2) is 24.3 Å². The number of rotatable bonds is 6. The molecule has 2 N–H and O–H groups in total. The van der Waals surface area contributed by atoms with E-state index in [9.17, 15) is 9.59 Å². The van der Waals surface area contributed by atoms with E-state index in [2.05, 4.69) is 10.6 Å². The Morgan fingerprint density at radius 2 is 1.87 bits per heavy atom. The number of benzene rings is 1. The fourth-order valence-corrected chi connectivity index (χ4v) is 3.30. The topological polar surface area (TPSA) is 61.4 Å². The van der Waals surface area contributed by atoms with Gasteiger partial charge in [-0.05, 0) is 45.0 Å². The van der Waals surface area contributed by atoms with Crippen molar-refractivity contribution in [2.24, 2.45) is 0 Å². The summed E-state index contributed by atoms with van der Waals surface area (Å²) in [6.07, 6.45) is 2.00. The molecule has 1 aliphatic rings. The summed E-state index contributed by atoms with van der Waals surface area (Å²) in [5.74, 6) is 0.669. The smallest absolute Gasteiger partial charge is 0.234 e. The van der Waals surface area contributed by atoms with Crippen molar-refractivity contribution < 1.29 is 9.59 Å². The van der Waals surface area contributed by atoms with Crippen molar-refractivity contribution in [1.29, 1.82) is 0 Å². The second-order valence-corrected chi connectivity index (χ2v) is 6.88. The van der Waals surface area contributed by atoms with Crippen molar-refractivity contribution in [3.8, 4) is 0 Å². The maximum absolute atomic E-state index is 12.2. The van der Waals surface area contributed by atoms with Crippen LogP contribution in [0.25, 0.3) is 0 Å². The van der Waals surface area contributed by atoms with Crippen LogP contribution in [0.5, 0.6) is 0 Å². The fraction of sp³-hybridized carbons (Fsp3) is 0.529. The highest BCUT2D eigenvalue weighted by molar-refractivity contribution is 8.00. The Bertz CT molecular complexity index is 527. The van der Waals surface area contributed by atoms with Crippen molar-refractivity contribution in [1.82, 2.24) is 10.2 Å². The minimum atomic E-state index is -0.0730. The molecule has 0 bridgehead atoms. The molecule has 0 aromatic heterocycles. The van der Waals surface area contributed by atoms with Gasteiger partial charge in [0.25, 0.3) is 0 Å². The van der Waals surface area contributed by atoms with Crippen LogP contribution in [-0.4, -0.2) is 54.4 Å². The second-order valence-electron chi connectivity index (χ2n) is 5.89. The molecule has 5 nitrogen and oxygen atoms in total. The summed E-state index contributed by atoms with van der Waals surface area (Å²) >= 11 is 1.37. The average molecular weight is 335 g/mol. The average Bonchev–Trinajstić information content (AvgIpc) is 2.57. The third-order valence-corrected chi connectivity index (χ3v) is 4.96. The first-order valence-corrected chi connectivity index (χ1v) is 9.12. The van der Waals surface area contributed by atoms with Crippen molar-refractivity contribution in [2.45, 2.75) is 25.8 Å². The molecular formula is C17H25N3O2S. The van der Waals surface area contributed by atoms with Crippen LogP contribution in [0.1, 0.15) is 18.4 Å². The number of hydrogen-bond acceptors (Lipinski definition) is 4. The van der Waals surface area contributed by atoms with E-state index in [1.54, 1.807) is 0 Å². The third kappa shape index (κ3) is 5.88. The van der Waals surface area contributed by atoms with Gasteiger partial charge in [0.1, 0.15) is 0 Å². The molecule has 0 spiro atoms. The maximum atomic E-state index is 12.2. The van der Waals surface area contributed by atoms with Crippen molar-refractivity contribution in [2.75, 3.05) is 37.0 Å². The van der Waals surface area contributed by atoms with Gasteiger partial charge < -0.3 is 15.5 Å². The zero-order valence-corrected chi connectivity index (χ0v) is 14.6. The first kappa shape index (κ1) is 17.8. The van der Waals surface area contributed by atoms with Crippen molar-refractivity contribution >= 4 is 29.3 Å². The number of nitrogens with one attached hydrogen (secondary N) is 2. The lowest BCUT2D eigenvalue weighted by Gasteiger charge is -2.31. The third-order valence-electron chi connectivity index (χ3n) is 4.04. The van der Waals surface area contributed by atoms with Gasteiger partial charge in [-0.2, -0.15) is 0 Å². The van der Waals surface area contributed by atoms with Gasteiger partial charge in [-0.15, -0.1) is 11.8 Å². The van der Waals surface area contributed by atoms with Crippen LogP contribution in [0.3, 0.4) is 0 Å². The SMILES string of the molecule is Cc1ccc(NC(=O)CSCC(=O)N(C)C2CCNCC2)cc1. The van der Waals surface area contributed by atoms with Crippen LogP contribution in [0, 0.1) is 6.92 Å². The summed E-state index contributed by atoms with van der Waals surface area (Å²) in [7, 11) is 1.87. The van der Waals surface area contributed by atoms with Gasteiger partial charge in [0.15, 0.2) is 0 Å². The molecule has 6 heteroatoms. The molecule has 0 atom stereocenters. The summed E-state index contributed by atoms with van der Waals surface area (Å²) in [4.78, 5) is 25.9. The number of amides is 2. The van der Waals surface area contributed by atoms with Crippen LogP contribution >= 0.6 is 11.8 Å². The lowest BCUT2D eigenvalue weighted by Crippen LogP contribution is -2.44. The predicted molar refractivity (Wildman–Crippen MR) is 95.8 cm³/mol. The van der Waals surface area contributed by atoms with Gasteiger partial charge in [-0.3, -0.25) is 9.59 Å². The summed E-state index contributed by atoms with van der Waals surface area (Å²) in [6, 6.07) is 8.01. The van der Waals surface area contributed by atoms with Crippen LogP contribution in [0.4, 0.5) is 5.69 Å². The number of anilines is 1. The number of carbonyl (C=O) groups excluding carboxylic acids is 2. The Labute approximate surface area is 142 Å². The van der Waals surface area contributed by atoms with Crippen LogP contribution < -0.4 is 10.6 Å². The van der Waals surface area contributed by atoms with E-state index in [1.165, 1.54) is 11.8 Å². The molecule has 0 aliphatic carbocycles. The Kier molecular flexibility index (Phi) is 6.92. The maximum Gasteiger partial charge on any atom is 0.234 e. The predicted octanol–water partition coefficient (Wildman–Crippen LogP) is 1.88. The van der Waals surface area contributed by atoms with Crippen molar-refractivity contribution in [3.05, 3.63) is 29.8 Å². The molecule has 2 amide bonds. The van der Waals surface area contributed by atoms with E-state index < -0.39 is 0 Å². The van der Waals surface area contributed by atoms with Crippen molar-refractivity contribution in [3.63, 3.8) is 0 Å². The number of hydrogen-bond donors (Lipinski definition) is 2. The lowest BCUT2D eigenvalue weighted by atomic mass is 10.1. The molecule has 0 unspecified atom stereocenters. The first-order chi connectivity index (χ1) is 11.1. The van der Waals surface area contributed by atoms with Crippen LogP contribution in [0.2, 0.25) is 0 Å². The van der Waals surface area contributed by atoms with Gasteiger partial charge in [-0.25, -0.2) is 0 Å². The van der Waals surface area contributed by atoms with E-state index >= 15 is 0 Å². The van der Waals surface area contributed by atoms with E-state index in [1.807, 2.05) is 43.1 Å². The monoisotopic (exact) mass is 335 g/mol. The highest BCUT2D eigenvalue weighted by Gasteiger charge is 2.21. The highest BCUT2D eigenvalue weighted by Crippen LogP contribution is 2.13. The van der Waals surface area contributed by atoms with E-state index in [4.69, 9.17) is 0 Å². The molecule has 1 saturated heterocycles. The zero-order valence-electron chi connectivity index (χ0n) is 13.8. The molecule has 1 heterocycles.